The fourth-order valence-corrected chi connectivity index (χ4v) is 1.27. The monoisotopic (exact) mass is 241 g/mol. The van der Waals surface area contributed by atoms with Crippen molar-refractivity contribution in [1.82, 2.24) is 5.32 Å². The number of hydrogen-bond donors (Lipinski definition) is 1. The van der Waals surface area contributed by atoms with Crippen molar-refractivity contribution in [2.75, 3.05) is 19.0 Å². The molecule has 0 bridgehead atoms. The maximum atomic E-state index is 10.8. The molecule has 0 aliphatic carbocycles. The predicted molar refractivity (Wildman–Crippen MR) is 65.0 cm³/mol. The van der Waals surface area contributed by atoms with E-state index in [1.54, 1.807) is 0 Å². The Hall–Kier alpha value is -1.22. The van der Waals surface area contributed by atoms with E-state index in [4.69, 9.17) is 16.3 Å². The topological polar surface area (TPSA) is 38.3 Å². The Labute approximate surface area is 101 Å². The Morgan fingerprint density at radius 3 is 2.69 bits per heavy atom. The van der Waals surface area contributed by atoms with Crippen LogP contribution in [0.1, 0.15) is 12.0 Å². The molecule has 0 saturated carbocycles. The van der Waals surface area contributed by atoms with Crippen molar-refractivity contribution in [3.8, 4) is 5.75 Å². The first-order valence-corrected chi connectivity index (χ1v) is 5.78. The van der Waals surface area contributed by atoms with Crippen LogP contribution in [0, 0.1) is 6.92 Å². The van der Waals surface area contributed by atoms with Crippen LogP contribution in [0.5, 0.6) is 5.75 Å². The standard InChI is InChI=1S/C12H16ClNO2/c1-10-3-5-11(6-4-10)16-8-2-7-14-12(15)9-13/h3-6H,2,7-9H2,1H3,(H,14,15). The van der Waals surface area contributed by atoms with Gasteiger partial charge in [-0.1, -0.05) is 17.7 Å². The van der Waals surface area contributed by atoms with Crippen LogP contribution in [0.3, 0.4) is 0 Å². The third-order valence-corrected chi connectivity index (χ3v) is 2.30. The van der Waals surface area contributed by atoms with E-state index >= 15 is 0 Å². The lowest BCUT2D eigenvalue weighted by molar-refractivity contribution is -0.118. The number of halogens is 1. The van der Waals surface area contributed by atoms with E-state index in [1.807, 2.05) is 31.2 Å². The summed E-state index contributed by atoms with van der Waals surface area (Å²) in [6.45, 7) is 3.22. The third kappa shape index (κ3) is 5.03. The van der Waals surface area contributed by atoms with Gasteiger partial charge in [-0.05, 0) is 25.5 Å². The lowest BCUT2D eigenvalue weighted by Gasteiger charge is -2.06. The van der Waals surface area contributed by atoms with Crippen LogP contribution >= 0.6 is 11.6 Å². The first kappa shape index (κ1) is 12.8. The van der Waals surface area contributed by atoms with Gasteiger partial charge in [-0.25, -0.2) is 0 Å². The van der Waals surface area contributed by atoms with Gasteiger partial charge in [0.2, 0.25) is 5.91 Å². The van der Waals surface area contributed by atoms with Gasteiger partial charge in [-0.15, -0.1) is 11.6 Å². The molecule has 0 saturated heterocycles. The van der Waals surface area contributed by atoms with Crippen molar-refractivity contribution in [2.45, 2.75) is 13.3 Å². The summed E-state index contributed by atoms with van der Waals surface area (Å²) in [5.41, 5.74) is 1.21. The van der Waals surface area contributed by atoms with E-state index in [-0.39, 0.29) is 11.8 Å². The summed E-state index contributed by atoms with van der Waals surface area (Å²) in [4.78, 5) is 10.8. The second kappa shape index (κ2) is 7.12. The summed E-state index contributed by atoms with van der Waals surface area (Å²) in [7, 11) is 0. The fraction of sp³-hybridized carbons (Fsp3) is 0.417. The smallest absolute Gasteiger partial charge is 0.234 e. The largest absolute Gasteiger partial charge is 0.494 e. The molecule has 88 valence electrons. The van der Waals surface area contributed by atoms with Gasteiger partial charge in [0.05, 0.1) is 6.61 Å². The van der Waals surface area contributed by atoms with E-state index in [1.165, 1.54) is 5.56 Å². The summed E-state index contributed by atoms with van der Waals surface area (Å²) in [6, 6.07) is 7.88. The van der Waals surface area contributed by atoms with Crippen molar-refractivity contribution in [3.63, 3.8) is 0 Å². The molecule has 1 rings (SSSR count). The number of rotatable bonds is 6. The highest BCUT2D eigenvalue weighted by molar-refractivity contribution is 6.27. The number of hydrogen-bond acceptors (Lipinski definition) is 2. The first-order valence-electron chi connectivity index (χ1n) is 5.24. The van der Waals surface area contributed by atoms with E-state index in [0.717, 1.165) is 12.2 Å². The second-order valence-electron chi connectivity index (χ2n) is 3.50. The molecule has 0 unspecified atom stereocenters. The summed E-state index contributed by atoms with van der Waals surface area (Å²) in [5.74, 6) is 0.727. The Bertz CT molecular complexity index is 324. The number of carbonyl (C=O) groups excluding carboxylic acids is 1. The normalized spacial score (nSPS) is 9.88. The minimum atomic E-state index is -0.142. The second-order valence-corrected chi connectivity index (χ2v) is 3.77. The maximum Gasteiger partial charge on any atom is 0.234 e. The van der Waals surface area contributed by atoms with Crippen molar-refractivity contribution in [3.05, 3.63) is 29.8 Å². The van der Waals surface area contributed by atoms with Gasteiger partial charge in [0.15, 0.2) is 0 Å². The molecular formula is C12H16ClNO2. The molecule has 16 heavy (non-hydrogen) atoms. The average molecular weight is 242 g/mol. The highest BCUT2D eigenvalue weighted by Gasteiger charge is 1.97. The first-order chi connectivity index (χ1) is 7.72. The van der Waals surface area contributed by atoms with Crippen LogP contribution in [0.15, 0.2) is 24.3 Å². The van der Waals surface area contributed by atoms with Crippen LogP contribution in [0.4, 0.5) is 0 Å². The zero-order valence-corrected chi connectivity index (χ0v) is 10.1. The third-order valence-electron chi connectivity index (χ3n) is 2.05. The van der Waals surface area contributed by atoms with E-state index in [9.17, 15) is 4.79 Å². The van der Waals surface area contributed by atoms with Gasteiger partial charge in [-0.2, -0.15) is 0 Å². The zero-order valence-electron chi connectivity index (χ0n) is 9.33. The molecular weight excluding hydrogens is 226 g/mol. The van der Waals surface area contributed by atoms with Gasteiger partial charge in [0, 0.05) is 6.54 Å². The number of ether oxygens (including phenoxy) is 1. The molecule has 0 heterocycles. The number of amides is 1. The number of alkyl halides is 1. The molecule has 0 fully saturated rings. The summed E-state index contributed by atoms with van der Waals surface area (Å²) < 4.78 is 5.49. The number of nitrogens with one attached hydrogen (secondary N) is 1. The lowest BCUT2D eigenvalue weighted by atomic mass is 10.2. The molecule has 0 aliphatic heterocycles. The molecule has 3 nitrogen and oxygen atoms in total. The van der Waals surface area contributed by atoms with E-state index in [2.05, 4.69) is 5.32 Å². The highest BCUT2D eigenvalue weighted by Crippen LogP contribution is 2.11. The Morgan fingerprint density at radius 1 is 1.38 bits per heavy atom. The minimum absolute atomic E-state index is 0.0127. The molecule has 1 N–H and O–H groups in total. The quantitative estimate of drug-likeness (QED) is 0.612. The maximum absolute atomic E-state index is 10.8. The predicted octanol–water partition coefficient (Wildman–Crippen LogP) is 2.12. The Balaban J connectivity index is 2.11. The van der Waals surface area contributed by atoms with Crippen LogP contribution < -0.4 is 10.1 Å². The average Bonchev–Trinajstić information content (AvgIpc) is 2.31. The highest BCUT2D eigenvalue weighted by atomic mass is 35.5. The van der Waals surface area contributed by atoms with E-state index in [0.29, 0.717) is 13.2 Å². The number of aryl methyl sites for hydroxylation is 1. The lowest BCUT2D eigenvalue weighted by Crippen LogP contribution is -2.26. The Kier molecular flexibility index (Phi) is 5.72. The van der Waals surface area contributed by atoms with Crippen LogP contribution in [-0.2, 0) is 4.79 Å². The molecule has 4 heteroatoms. The van der Waals surface area contributed by atoms with Crippen LogP contribution in [0.2, 0.25) is 0 Å². The van der Waals surface area contributed by atoms with Crippen molar-refractivity contribution in [1.29, 1.82) is 0 Å². The molecule has 1 amide bonds. The molecule has 0 aromatic heterocycles. The van der Waals surface area contributed by atoms with Crippen molar-refractivity contribution < 1.29 is 9.53 Å². The van der Waals surface area contributed by atoms with Gasteiger partial charge < -0.3 is 10.1 Å². The zero-order chi connectivity index (χ0) is 11.8. The molecule has 0 spiro atoms. The molecule has 1 aromatic carbocycles. The van der Waals surface area contributed by atoms with Crippen LogP contribution in [-0.4, -0.2) is 24.9 Å². The van der Waals surface area contributed by atoms with Gasteiger partial charge in [0.1, 0.15) is 11.6 Å². The van der Waals surface area contributed by atoms with E-state index < -0.39 is 0 Å². The SMILES string of the molecule is Cc1ccc(OCCCNC(=O)CCl)cc1. The summed E-state index contributed by atoms with van der Waals surface area (Å²) in [6.07, 6.45) is 0.774. The van der Waals surface area contributed by atoms with Gasteiger partial charge in [0.25, 0.3) is 0 Å². The Morgan fingerprint density at radius 2 is 2.06 bits per heavy atom. The van der Waals surface area contributed by atoms with Gasteiger partial charge >= 0.3 is 0 Å². The molecule has 1 aromatic rings. The van der Waals surface area contributed by atoms with Gasteiger partial charge in [-0.3, -0.25) is 4.79 Å². The summed E-state index contributed by atoms with van der Waals surface area (Å²) in [5, 5.41) is 2.68. The molecule has 0 aliphatic rings. The summed E-state index contributed by atoms with van der Waals surface area (Å²) >= 11 is 5.33. The fourth-order valence-electron chi connectivity index (χ4n) is 1.17. The number of carbonyl (C=O) groups is 1. The molecule has 0 radical (unpaired) electrons. The van der Waals surface area contributed by atoms with Crippen LogP contribution in [0.25, 0.3) is 0 Å². The van der Waals surface area contributed by atoms with Crippen molar-refractivity contribution in [2.24, 2.45) is 0 Å². The molecule has 0 atom stereocenters. The minimum Gasteiger partial charge on any atom is -0.494 e. The number of benzene rings is 1. The van der Waals surface area contributed by atoms with Crippen molar-refractivity contribution >= 4 is 17.5 Å².